The van der Waals surface area contributed by atoms with Gasteiger partial charge in [0.2, 0.25) is 5.78 Å². The molecule has 2 aromatic rings. The fourth-order valence-electron chi connectivity index (χ4n) is 2.82. The maximum atomic E-state index is 12.7. The predicted molar refractivity (Wildman–Crippen MR) is 107 cm³/mol. The minimum absolute atomic E-state index is 0.113. The van der Waals surface area contributed by atoms with Crippen molar-refractivity contribution < 1.29 is 19.1 Å². The number of nitrogens with one attached hydrogen (secondary N) is 1. The van der Waals surface area contributed by atoms with E-state index in [1.807, 2.05) is 12.1 Å². The number of esters is 1. The van der Waals surface area contributed by atoms with Crippen molar-refractivity contribution in [2.45, 2.75) is 50.9 Å². The van der Waals surface area contributed by atoms with Crippen molar-refractivity contribution in [2.24, 2.45) is 0 Å². The standard InChI is InChI=1S/C20H22ClNO4S/c1-10-17(12(3)23)11(2)22-18(10)19(24)13(4)26-20(25)14(5)27-16-8-6-15(21)7-9-16/h6-9,13-14,22H,1-5H3/t13-,14-/m0/s1. The zero-order chi connectivity index (χ0) is 20.3. The molecule has 144 valence electrons. The van der Waals surface area contributed by atoms with Crippen molar-refractivity contribution in [1.29, 1.82) is 0 Å². The molecule has 1 aromatic carbocycles. The first-order valence-corrected chi connectivity index (χ1v) is 9.74. The van der Waals surface area contributed by atoms with Crippen LogP contribution in [0.2, 0.25) is 5.02 Å². The van der Waals surface area contributed by atoms with Crippen LogP contribution < -0.4 is 0 Å². The molecule has 2 atom stereocenters. The van der Waals surface area contributed by atoms with Gasteiger partial charge in [-0.25, -0.2) is 0 Å². The third-order valence-corrected chi connectivity index (χ3v) is 5.50. The molecular weight excluding hydrogens is 386 g/mol. The normalized spacial score (nSPS) is 13.1. The molecule has 0 fully saturated rings. The molecule has 27 heavy (non-hydrogen) atoms. The lowest BCUT2D eigenvalue weighted by Gasteiger charge is -2.16. The van der Waals surface area contributed by atoms with Crippen LogP contribution in [0.4, 0.5) is 0 Å². The average Bonchev–Trinajstić information content (AvgIpc) is 2.90. The minimum atomic E-state index is -0.956. The smallest absolute Gasteiger partial charge is 0.319 e. The van der Waals surface area contributed by atoms with E-state index < -0.39 is 17.3 Å². The van der Waals surface area contributed by atoms with Gasteiger partial charge in [-0.05, 0) is 64.4 Å². The number of carbonyl (C=O) groups excluding carboxylic acids is 3. The number of benzene rings is 1. The summed E-state index contributed by atoms with van der Waals surface area (Å²) in [5.74, 6) is -0.957. The fourth-order valence-corrected chi connectivity index (χ4v) is 3.80. The summed E-state index contributed by atoms with van der Waals surface area (Å²) >= 11 is 7.18. The number of thioether (sulfide) groups is 1. The topological polar surface area (TPSA) is 76.2 Å². The van der Waals surface area contributed by atoms with Crippen LogP contribution in [-0.2, 0) is 9.53 Å². The number of ether oxygens (including phenoxy) is 1. The lowest BCUT2D eigenvalue weighted by molar-refractivity contribution is -0.145. The van der Waals surface area contributed by atoms with Crippen molar-refractivity contribution >= 4 is 40.9 Å². The van der Waals surface area contributed by atoms with E-state index in [4.69, 9.17) is 16.3 Å². The van der Waals surface area contributed by atoms with E-state index in [0.717, 1.165) is 4.90 Å². The number of carbonyl (C=O) groups is 3. The molecule has 2 rings (SSSR count). The second-order valence-electron chi connectivity index (χ2n) is 6.34. The van der Waals surface area contributed by atoms with Crippen molar-refractivity contribution in [3.63, 3.8) is 0 Å². The summed E-state index contributed by atoms with van der Waals surface area (Å²) in [5.41, 5.74) is 2.02. The van der Waals surface area contributed by atoms with E-state index in [0.29, 0.717) is 27.5 Å². The Kier molecular flexibility index (Phi) is 6.89. The summed E-state index contributed by atoms with van der Waals surface area (Å²) in [7, 11) is 0. The van der Waals surface area contributed by atoms with Crippen molar-refractivity contribution in [2.75, 3.05) is 0 Å². The van der Waals surface area contributed by atoms with Gasteiger partial charge in [-0.3, -0.25) is 14.4 Å². The first-order valence-electron chi connectivity index (χ1n) is 8.48. The largest absolute Gasteiger partial charge is 0.453 e. The van der Waals surface area contributed by atoms with Gasteiger partial charge in [0, 0.05) is 21.2 Å². The molecule has 0 spiro atoms. The first-order chi connectivity index (χ1) is 12.6. The fraction of sp³-hybridized carbons (Fsp3) is 0.350. The van der Waals surface area contributed by atoms with E-state index in [1.165, 1.54) is 25.6 Å². The zero-order valence-corrected chi connectivity index (χ0v) is 17.5. The number of aryl methyl sites for hydroxylation is 1. The molecular formula is C20H22ClNO4S. The highest BCUT2D eigenvalue weighted by Crippen LogP contribution is 2.26. The molecule has 1 heterocycles. The van der Waals surface area contributed by atoms with Gasteiger partial charge in [-0.15, -0.1) is 11.8 Å². The molecule has 0 saturated heterocycles. The third kappa shape index (κ3) is 5.02. The van der Waals surface area contributed by atoms with Crippen LogP contribution in [0.3, 0.4) is 0 Å². The Labute approximate surface area is 167 Å². The van der Waals surface area contributed by atoms with E-state index >= 15 is 0 Å². The van der Waals surface area contributed by atoms with Crippen LogP contribution in [0.1, 0.15) is 52.9 Å². The Morgan fingerprint density at radius 3 is 2.22 bits per heavy atom. The highest BCUT2D eigenvalue weighted by Gasteiger charge is 2.27. The maximum absolute atomic E-state index is 12.7. The van der Waals surface area contributed by atoms with Gasteiger partial charge in [0.15, 0.2) is 11.9 Å². The van der Waals surface area contributed by atoms with Crippen molar-refractivity contribution in [1.82, 2.24) is 4.98 Å². The molecule has 0 bridgehead atoms. The van der Waals surface area contributed by atoms with Gasteiger partial charge in [-0.2, -0.15) is 0 Å². The second kappa shape index (κ2) is 8.76. The number of Topliss-reactive ketones (excluding diaryl/α,β-unsaturated/α-hetero) is 2. The maximum Gasteiger partial charge on any atom is 0.319 e. The summed E-state index contributed by atoms with van der Waals surface area (Å²) < 4.78 is 5.35. The number of ketones is 2. The summed E-state index contributed by atoms with van der Waals surface area (Å²) in [6, 6.07) is 7.13. The Morgan fingerprint density at radius 2 is 1.70 bits per heavy atom. The monoisotopic (exact) mass is 407 g/mol. The Balaban J connectivity index is 2.05. The highest BCUT2D eigenvalue weighted by molar-refractivity contribution is 8.00. The number of halogens is 1. The SMILES string of the molecule is CC(=O)c1c(C)[nH]c(C(=O)[C@H](C)OC(=O)[C@H](C)Sc2ccc(Cl)cc2)c1C. The molecule has 0 aliphatic carbocycles. The summed E-state index contributed by atoms with van der Waals surface area (Å²) in [4.78, 5) is 40.6. The van der Waals surface area contributed by atoms with E-state index in [9.17, 15) is 14.4 Å². The lowest BCUT2D eigenvalue weighted by atomic mass is 10.0. The summed E-state index contributed by atoms with van der Waals surface area (Å²) in [6.07, 6.45) is -0.956. The summed E-state index contributed by atoms with van der Waals surface area (Å²) in [6.45, 7) is 8.15. The zero-order valence-electron chi connectivity index (χ0n) is 15.9. The number of H-pyrrole nitrogens is 1. The molecule has 0 aliphatic rings. The van der Waals surface area contributed by atoms with Crippen LogP contribution in [-0.4, -0.2) is 33.9 Å². The summed E-state index contributed by atoms with van der Waals surface area (Å²) in [5, 5.41) is 0.135. The van der Waals surface area contributed by atoms with Gasteiger partial charge in [-0.1, -0.05) is 11.6 Å². The molecule has 0 amide bonds. The Bertz CT molecular complexity index is 873. The van der Waals surface area contributed by atoms with E-state index in [-0.39, 0.29) is 11.6 Å². The highest BCUT2D eigenvalue weighted by atomic mass is 35.5. The van der Waals surface area contributed by atoms with Gasteiger partial charge in [0.05, 0.1) is 5.69 Å². The number of rotatable bonds is 7. The van der Waals surface area contributed by atoms with Crippen LogP contribution in [0.15, 0.2) is 29.2 Å². The number of aromatic nitrogens is 1. The molecule has 7 heteroatoms. The van der Waals surface area contributed by atoms with Crippen LogP contribution in [0.5, 0.6) is 0 Å². The van der Waals surface area contributed by atoms with Crippen molar-refractivity contribution in [3.8, 4) is 0 Å². The second-order valence-corrected chi connectivity index (χ2v) is 8.19. The van der Waals surface area contributed by atoms with Gasteiger partial charge in [0.25, 0.3) is 0 Å². The molecule has 1 N–H and O–H groups in total. The molecule has 0 radical (unpaired) electrons. The number of hydrogen-bond donors (Lipinski definition) is 1. The van der Waals surface area contributed by atoms with Gasteiger partial charge >= 0.3 is 5.97 Å². The van der Waals surface area contributed by atoms with Gasteiger partial charge < -0.3 is 9.72 Å². The van der Waals surface area contributed by atoms with E-state index in [2.05, 4.69) is 4.98 Å². The third-order valence-electron chi connectivity index (χ3n) is 4.16. The lowest BCUT2D eigenvalue weighted by Crippen LogP contribution is -2.29. The molecule has 0 unspecified atom stereocenters. The van der Waals surface area contributed by atoms with Crippen LogP contribution >= 0.6 is 23.4 Å². The predicted octanol–water partition coefficient (Wildman–Crippen LogP) is 4.78. The Hall–Kier alpha value is -2.05. The minimum Gasteiger partial charge on any atom is -0.453 e. The molecule has 0 saturated carbocycles. The van der Waals surface area contributed by atoms with Crippen LogP contribution in [0, 0.1) is 13.8 Å². The number of aromatic amines is 1. The number of hydrogen-bond acceptors (Lipinski definition) is 5. The molecule has 5 nitrogen and oxygen atoms in total. The Morgan fingerprint density at radius 1 is 1.11 bits per heavy atom. The van der Waals surface area contributed by atoms with Crippen LogP contribution in [0.25, 0.3) is 0 Å². The van der Waals surface area contributed by atoms with Crippen molar-refractivity contribution in [3.05, 3.63) is 51.8 Å². The first kappa shape index (κ1) is 21.3. The van der Waals surface area contributed by atoms with E-state index in [1.54, 1.807) is 32.9 Å². The average molecular weight is 408 g/mol. The quantitative estimate of drug-likeness (QED) is 0.406. The molecule has 1 aromatic heterocycles. The molecule has 0 aliphatic heterocycles. The van der Waals surface area contributed by atoms with Gasteiger partial charge in [0.1, 0.15) is 5.25 Å².